The summed E-state index contributed by atoms with van der Waals surface area (Å²) >= 11 is 0. The minimum Gasteiger partial charge on any atom is -0.352 e. The van der Waals surface area contributed by atoms with Gasteiger partial charge in [0, 0.05) is 12.1 Å². The first-order valence-corrected chi connectivity index (χ1v) is 8.70. The predicted molar refractivity (Wildman–Crippen MR) is 97.4 cm³/mol. The van der Waals surface area contributed by atoms with Crippen LogP contribution in [0.1, 0.15) is 40.0 Å². The maximum atomic E-state index is 12.5. The summed E-state index contributed by atoms with van der Waals surface area (Å²) in [5.74, 6) is 0.319. The number of hydrogen-bond acceptors (Lipinski definition) is 6. The zero-order chi connectivity index (χ0) is 18.3. The lowest BCUT2D eigenvalue weighted by atomic mass is 9.94. The summed E-state index contributed by atoms with van der Waals surface area (Å²) in [4.78, 5) is 12.5. The number of carbonyl (C=O) groups is 1. The first-order valence-electron chi connectivity index (χ1n) is 8.70. The maximum absolute atomic E-state index is 12.5. The van der Waals surface area contributed by atoms with Crippen LogP contribution in [0.3, 0.4) is 0 Å². The Labute approximate surface area is 148 Å². The number of aromatic nitrogens is 4. The molecule has 0 saturated carbocycles. The van der Waals surface area contributed by atoms with Crippen LogP contribution in [-0.4, -0.2) is 44.2 Å². The van der Waals surface area contributed by atoms with Gasteiger partial charge in [-0.3, -0.25) is 4.79 Å². The van der Waals surface area contributed by atoms with Gasteiger partial charge in [-0.15, -0.1) is 0 Å². The predicted octanol–water partition coefficient (Wildman–Crippen LogP) is 1.49. The number of tetrazole rings is 1. The van der Waals surface area contributed by atoms with Crippen molar-refractivity contribution in [2.45, 2.75) is 51.6 Å². The fourth-order valence-corrected chi connectivity index (χ4v) is 2.42. The summed E-state index contributed by atoms with van der Waals surface area (Å²) in [6.07, 6.45) is 2.21. The van der Waals surface area contributed by atoms with Crippen molar-refractivity contribution >= 4 is 11.9 Å². The number of amides is 1. The van der Waals surface area contributed by atoms with Crippen molar-refractivity contribution in [2.75, 3.05) is 11.9 Å². The highest BCUT2D eigenvalue weighted by atomic mass is 16.2. The topological polar surface area (TPSA) is 111 Å². The van der Waals surface area contributed by atoms with Crippen LogP contribution in [0.15, 0.2) is 30.3 Å². The molecule has 0 aliphatic rings. The second-order valence-corrected chi connectivity index (χ2v) is 6.14. The van der Waals surface area contributed by atoms with Gasteiger partial charge in [-0.1, -0.05) is 44.1 Å². The summed E-state index contributed by atoms with van der Waals surface area (Å²) in [5, 5.41) is 17.7. The third kappa shape index (κ3) is 4.76. The number of anilines is 1. The minimum absolute atomic E-state index is 0.109. The fourth-order valence-electron chi connectivity index (χ4n) is 2.42. The van der Waals surface area contributed by atoms with Gasteiger partial charge in [-0.25, -0.2) is 0 Å². The molecular weight excluding hydrogens is 318 g/mol. The smallest absolute Gasteiger partial charge is 0.248 e. The molecule has 4 N–H and O–H groups in total. The molecule has 1 unspecified atom stereocenters. The molecule has 0 aliphatic heterocycles. The lowest BCUT2D eigenvalue weighted by Gasteiger charge is -2.28. The fraction of sp³-hybridized carbons (Fsp3) is 0.529. The van der Waals surface area contributed by atoms with E-state index in [1.165, 1.54) is 0 Å². The van der Waals surface area contributed by atoms with E-state index in [9.17, 15) is 4.79 Å². The van der Waals surface area contributed by atoms with Gasteiger partial charge in [-0.2, -0.15) is 4.68 Å². The molecule has 2 rings (SSSR count). The highest BCUT2D eigenvalue weighted by molar-refractivity contribution is 5.84. The molecule has 2 aromatic rings. The number of rotatable bonds is 9. The molecule has 0 aliphatic carbocycles. The Bertz CT molecular complexity index is 667. The monoisotopic (exact) mass is 345 g/mol. The number of benzene rings is 1. The van der Waals surface area contributed by atoms with E-state index >= 15 is 0 Å². The normalized spacial score (nSPS) is 12.6. The van der Waals surface area contributed by atoms with Crippen LogP contribution in [-0.2, 0) is 4.79 Å². The van der Waals surface area contributed by atoms with E-state index in [1.54, 1.807) is 4.68 Å². The molecule has 1 amide bonds. The van der Waals surface area contributed by atoms with Crippen molar-refractivity contribution in [3.05, 3.63) is 30.3 Å². The van der Waals surface area contributed by atoms with Crippen molar-refractivity contribution in [3.8, 4) is 5.69 Å². The first kappa shape index (κ1) is 18.9. The van der Waals surface area contributed by atoms with Gasteiger partial charge in [0.15, 0.2) is 0 Å². The highest BCUT2D eigenvalue weighted by Gasteiger charge is 2.24. The number of carbonyl (C=O) groups excluding carboxylic acids is 1. The molecule has 0 radical (unpaired) electrons. The van der Waals surface area contributed by atoms with E-state index in [2.05, 4.69) is 26.2 Å². The molecule has 8 nitrogen and oxygen atoms in total. The molecule has 1 aromatic heterocycles. The Morgan fingerprint density at radius 2 is 1.92 bits per heavy atom. The van der Waals surface area contributed by atoms with Crippen molar-refractivity contribution < 1.29 is 4.79 Å². The van der Waals surface area contributed by atoms with Gasteiger partial charge >= 0.3 is 0 Å². The maximum Gasteiger partial charge on any atom is 0.248 e. The Hall–Kier alpha value is -2.48. The van der Waals surface area contributed by atoms with Gasteiger partial charge in [0.25, 0.3) is 0 Å². The summed E-state index contributed by atoms with van der Waals surface area (Å²) in [7, 11) is 0. The van der Waals surface area contributed by atoms with Gasteiger partial charge in [0.1, 0.15) is 6.04 Å². The summed E-state index contributed by atoms with van der Waals surface area (Å²) < 4.78 is 1.57. The molecule has 0 saturated heterocycles. The quantitative estimate of drug-likeness (QED) is 0.635. The van der Waals surface area contributed by atoms with Gasteiger partial charge in [0.2, 0.25) is 11.9 Å². The minimum atomic E-state index is -0.438. The van der Waals surface area contributed by atoms with Crippen LogP contribution in [0.5, 0.6) is 0 Å². The number of nitrogens with zero attached hydrogens (tertiary/aromatic N) is 4. The van der Waals surface area contributed by atoms with Crippen molar-refractivity contribution in [1.82, 2.24) is 25.5 Å². The highest BCUT2D eigenvalue weighted by Crippen LogP contribution is 2.13. The number of hydrogen-bond donors (Lipinski definition) is 3. The van der Waals surface area contributed by atoms with Crippen LogP contribution in [0, 0.1) is 0 Å². The third-order valence-corrected chi connectivity index (χ3v) is 4.52. The molecule has 0 bridgehead atoms. The zero-order valence-electron chi connectivity index (χ0n) is 15.1. The molecule has 136 valence electrons. The van der Waals surface area contributed by atoms with Crippen LogP contribution in [0.25, 0.3) is 5.69 Å². The van der Waals surface area contributed by atoms with Crippen molar-refractivity contribution in [2.24, 2.45) is 5.73 Å². The number of para-hydroxylation sites is 1. The SMILES string of the molecule is CCC(Nc1nnnn1-c1ccccc1)C(=O)NCC(N)(CC)CC. The summed E-state index contributed by atoms with van der Waals surface area (Å²) in [6.45, 7) is 6.43. The largest absolute Gasteiger partial charge is 0.352 e. The van der Waals surface area contributed by atoms with E-state index in [0.29, 0.717) is 18.9 Å². The Balaban J connectivity index is 2.05. The Morgan fingerprint density at radius 3 is 2.52 bits per heavy atom. The molecule has 1 atom stereocenters. The summed E-state index contributed by atoms with van der Waals surface area (Å²) in [5.41, 5.74) is 6.70. The van der Waals surface area contributed by atoms with E-state index in [1.807, 2.05) is 51.1 Å². The van der Waals surface area contributed by atoms with Gasteiger partial charge in [0.05, 0.1) is 5.69 Å². The second kappa shape index (κ2) is 8.57. The van der Waals surface area contributed by atoms with Crippen molar-refractivity contribution in [3.63, 3.8) is 0 Å². The first-order chi connectivity index (χ1) is 12.0. The standard InChI is InChI=1S/C17H27N7O/c1-4-14(15(25)19-12-17(18,5-2)6-3)20-16-21-22-23-24(16)13-10-8-7-9-11-13/h7-11,14H,4-6,12,18H2,1-3H3,(H,19,25)(H,20,21,23). The molecule has 1 heterocycles. The molecular formula is C17H27N7O. The number of nitrogens with two attached hydrogens (primary N) is 1. The van der Waals surface area contributed by atoms with Crippen LogP contribution >= 0.6 is 0 Å². The van der Waals surface area contributed by atoms with E-state index in [-0.39, 0.29) is 11.4 Å². The molecule has 25 heavy (non-hydrogen) atoms. The molecule has 1 aromatic carbocycles. The third-order valence-electron chi connectivity index (χ3n) is 4.52. The molecule has 8 heteroatoms. The van der Waals surface area contributed by atoms with Crippen molar-refractivity contribution in [1.29, 1.82) is 0 Å². The zero-order valence-corrected chi connectivity index (χ0v) is 15.1. The molecule has 0 fully saturated rings. The summed E-state index contributed by atoms with van der Waals surface area (Å²) in [6, 6.07) is 9.08. The van der Waals surface area contributed by atoms with Crippen LogP contribution in [0.2, 0.25) is 0 Å². The van der Waals surface area contributed by atoms with Gasteiger partial charge < -0.3 is 16.4 Å². The van der Waals surface area contributed by atoms with E-state index in [4.69, 9.17) is 5.73 Å². The Morgan fingerprint density at radius 1 is 1.24 bits per heavy atom. The second-order valence-electron chi connectivity index (χ2n) is 6.14. The Kier molecular flexibility index (Phi) is 6.46. The van der Waals surface area contributed by atoms with E-state index < -0.39 is 6.04 Å². The average Bonchev–Trinajstić information content (AvgIpc) is 3.12. The van der Waals surface area contributed by atoms with E-state index in [0.717, 1.165) is 18.5 Å². The lowest BCUT2D eigenvalue weighted by Crippen LogP contribution is -2.52. The number of nitrogens with one attached hydrogen (secondary N) is 2. The molecule has 0 spiro atoms. The van der Waals surface area contributed by atoms with Gasteiger partial charge in [-0.05, 0) is 41.8 Å². The van der Waals surface area contributed by atoms with Crippen LogP contribution in [0.4, 0.5) is 5.95 Å². The van der Waals surface area contributed by atoms with Crippen LogP contribution < -0.4 is 16.4 Å². The average molecular weight is 345 g/mol. The lowest BCUT2D eigenvalue weighted by molar-refractivity contribution is -0.122.